The minimum Gasteiger partial charge on any atom is -0.329 e. The Morgan fingerprint density at radius 3 is 1.58 bits per heavy atom. The average Bonchev–Trinajstić information content (AvgIpc) is 2.47. The van der Waals surface area contributed by atoms with E-state index in [0.717, 1.165) is 32.5 Å². The van der Waals surface area contributed by atoms with Gasteiger partial charge in [0.05, 0.1) is 0 Å². The lowest BCUT2D eigenvalue weighted by Crippen LogP contribution is -2.69. The number of hydrogen-bond donors (Lipinski definition) is 2. The minimum atomic E-state index is 0.169. The zero-order valence-electron chi connectivity index (χ0n) is 14.2. The summed E-state index contributed by atoms with van der Waals surface area (Å²) in [6.45, 7) is 17.7. The summed E-state index contributed by atoms with van der Waals surface area (Å²) < 4.78 is 0. The first-order chi connectivity index (χ1) is 9.07. The average molecular weight is 271 g/mol. The van der Waals surface area contributed by atoms with Gasteiger partial charge in [-0.05, 0) is 38.8 Å². The van der Waals surface area contributed by atoms with Crippen molar-refractivity contribution in [2.75, 3.05) is 26.2 Å². The second-order valence-electron chi connectivity index (χ2n) is 5.42. The SMILES string of the molecule is CCN(CC)C(CC)(CC)C(CC)(CC)NCCN. The molecule has 0 radical (unpaired) electrons. The standard InChI is InChI=1S/C16H37N3/c1-7-15(8-2,18-14-13-17)16(9-3,10-4)19(11-5)12-6/h18H,7-14,17H2,1-6H3. The highest BCUT2D eigenvalue weighted by atomic mass is 15.2. The van der Waals surface area contributed by atoms with Crippen LogP contribution < -0.4 is 11.1 Å². The number of nitrogens with two attached hydrogens (primary N) is 1. The molecule has 0 aromatic rings. The molecule has 3 N–H and O–H groups in total. The van der Waals surface area contributed by atoms with Crippen molar-refractivity contribution in [2.45, 2.75) is 78.3 Å². The third kappa shape index (κ3) is 3.50. The highest BCUT2D eigenvalue weighted by Crippen LogP contribution is 2.39. The van der Waals surface area contributed by atoms with Gasteiger partial charge in [-0.1, -0.05) is 41.5 Å². The van der Waals surface area contributed by atoms with E-state index in [4.69, 9.17) is 5.73 Å². The van der Waals surface area contributed by atoms with Crippen LogP contribution in [-0.4, -0.2) is 42.2 Å². The predicted molar refractivity (Wildman–Crippen MR) is 86.6 cm³/mol. The van der Waals surface area contributed by atoms with Crippen molar-refractivity contribution in [3.8, 4) is 0 Å². The summed E-state index contributed by atoms with van der Waals surface area (Å²) in [6, 6.07) is 0. The molecule has 0 aromatic carbocycles. The van der Waals surface area contributed by atoms with E-state index in [1.54, 1.807) is 0 Å². The quantitative estimate of drug-likeness (QED) is 0.607. The minimum absolute atomic E-state index is 0.169. The van der Waals surface area contributed by atoms with Crippen molar-refractivity contribution in [3.63, 3.8) is 0 Å². The maximum absolute atomic E-state index is 5.74. The van der Waals surface area contributed by atoms with Gasteiger partial charge in [-0.15, -0.1) is 0 Å². The summed E-state index contributed by atoms with van der Waals surface area (Å²) in [5.74, 6) is 0. The Morgan fingerprint density at radius 2 is 1.32 bits per heavy atom. The lowest BCUT2D eigenvalue weighted by atomic mass is 9.68. The fourth-order valence-electron chi connectivity index (χ4n) is 4.14. The van der Waals surface area contributed by atoms with Crippen LogP contribution in [0.4, 0.5) is 0 Å². The summed E-state index contributed by atoms with van der Waals surface area (Å²) >= 11 is 0. The topological polar surface area (TPSA) is 41.3 Å². The Kier molecular flexibility index (Phi) is 8.88. The molecule has 0 rings (SSSR count). The Hall–Kier alpha value is -0.120. The lowest BCUT2D eigenvalue weighted by Gasteiger charge is -2.56. The molecule has 0 saturated heterocycles. The van der Waals surface area contributed by atoms with Gasteiger partial charge in [0, 0.05) is 24.2 Å². The highest BCUT2D eigenvalue weighted by Gasteiger charge is 2.49. The van der Waals surface area contributed by atoms with Crippen LogP contribution in [-0.2, 0) is 0 Å². The first kappa shape index (κ1) is 18.9. The van der Waals surface area contributed by atoms with Crippen molar-refractivity contribution in [1.29, 1.82) is 0 Å². The lowest BCUT2D eigenvalue weighted by molar-refractivity contribution is -0.0127. The fourth-order valence-corrected chi connectivity index (χ4v) is 4.14. The molecule has 116 valence electrons. The molecule has 0 amide bonds. The Balaban J connectivity index is 5.59. The molecule has 0 bridgehead atoms. The van der Waals surface area contributed by atoms with E-state index in [9.17, 15) is 0 Å². The normalized spacial score (nSPS) is 13.3. The van der Waals surface area contributed by atoms with Gasteiger partial charge in [0.25, 0.3) is 0 Å². The van der Waals surface area contributed by atoms with Crippen molar-refractivity contribution in [3.05, 3.63) is 0 Å². The first-order valence-corrected chi connectivity index (χ1v) is 8.27. The van der Waals surface area contributed by atoms with E-state index in [1.165, 1.54) is 12.8 Å². The third-order valence-corrected chi connectivity index (χ3v) is 5.24. The highest BCUT2D eigenvalue weighted by molar-refractivity contribution is 5.09. The van der Waals surface area contributed by atoms with Crippen LogP contribution in [0.3, 0.4) is 0 Å². The first-order valence-electron chi connectivity index (χ1n) is 8.27. The van der Waals surface area contributed by atoms with Crippen LogP contribution in [0.15, 0.2) is 0 Å². The molecule has 0 atom stereocenters. The smallest absolute Gasteiger partial charge is 0.0385 e. The van der Waals surface area contributed by atoms with Gasteiger partial charge in [0.1, 0.15) is 0 Å². The van der Waals surface area contributed by atoms with E-state index in [0.29, 0.717) is 6.54 Å². The molecule has 3 heteroatoms. The van der Waals surface area contributed by atoms with E-state index in [2.05, 4.69) is 51.8 Å². The van der Waals surface area contributed by atoms with Crippen molar-refractivity contribution >= 4 is 0 Å². The van der Waals surface area contributed by atoms with Gasteiger partial charge < -0.3 is 11.1 Å². The molecule has 0 unspecified atom stereocenters. The Morgan fingerprint density at radius 1 is 0.842 bits per heavy atom. The van der Waals surface area contributed by atoms with Crippen LogP contribution in [0, 0.1) is 0 Å². The summed E-state index contributed by atoms with van der Waals surface area (Å²) in [5.41, 5.74) is 6.14. The van der Waals surface area contributed by atoms with Crippen molar-refractivity contribution in [1.82, 2.24) is 10.2 Å². The summed E-state index contributed by atoms with van der Waals surface area (Å²) in [6.07, 6.45) is 4.68. The molecule has 0 heterocycles. The summed E-state index contributed by atoms with van der Waals surface area (Å²) in [4.78, 5) is 2.66. The van der Waals surface area contributed by atoms with Gasteiger partial charge >= 0.3 is 0 Å². The third-order valence-electron chi connectivity index (χ3n) is 5.24. The Labute approximate surface area is 121 Å². The molecule has 0 aliphatic heterocycles. The molecule has 0 aromatic heterocycles. The van der Waals surface area contributed by atoms with Crippen LogP contribution in [0.2, 0.25) is 0 Å². The number of likely N-dealkylation sites (N-methyl/N-ethyl adjacent to an activating group) is 1. The maximum atomic E-state index is 5.74. The van der Waals surface area contributed by atoms with E-state index in [1.807, 2.05) is 0 Å². The number of rotatable bonds is 11. The number of nitrogens with one attached hydrogen (secondary N) is 1. The summed E-state index contributed by atoms with van der Waals surface area (Å²) in [7, 11) is 0. The largest absolute Gasteiger partial charge is 0.329 e. The molecule has 19 heavy (non-hydrogen) atoms. The fraction of sp³-hybridized carbons (Fsp3) is 1.00. The zero-order chi connectivity index (χ0) is 14.9. The zero-order valence-corrected chi connectivity index (χ0v) is 14.2. The van der Waals surface area contributed by atoms with Gasteiger partial charge in [-0.3, -0.25) is 4.90 Å². The maximum Gasteiger partial charge on any atom is 0.0385 e. The number of hydrogen-bond acceptors (Lipinski definition) is 3. The molecule has 0 spiro atoms. The second-order valence-corrected chi connectivity index (χ2v) is 5.42. The monoisotopic (exact) mass is 271 g/mol. The molecular formula is C16H37N3. The van der Waals surface area contributed by atoms with Crippen molar-refractivity contribution < 1.29 is 0 Å². The molecule has 0 fully saturated rings. The van der Waals surface area contributed by atoms with Gasteiger partial charge in [-0.2, -0.15) is 0 Å². The molecule has 0 aliphatic carbocycles. The van der Waals surface area contributed by atoms with Crippen molar-refractivity contribution in [2.24, 2.45) is 5.73 Å². The molecule has 0 saturated carbocycles. The van der Waals surface area contributed by atoms with Gasteiger partial charge in [0.15, 0.2) is 0 Å². The molecule has 3 nitrogen and oxygen atoms in total. The van der Waals surface area contributed by atoms with Crippen LogP contribution >= 0.6 is 0 Å². The van der Waals surface area contributed by atoms with E-state index < -0.39 is 0 Å². The van der Waals surface area contributed by atoms with E-state index >= 15 is 0 Å². The number of nitrogens with zero attached hydrogens (tertiary/aromatic N) is 1. The predicted octanol–water partition coefficient (Wildman–Crippen LogP) is 2.99. The van der Waals surface area contributed by atoms with Crippen LogP contribution in [0.5, 0.6) is 0 Å². The van der Waals surface area contributed by atoms with Gasteiger partial charge in [-0.25, -0.2) is 0 Å². The van der Waals surface area contributed by atoms with Crippen LogP contribution in [0.1, 0.15) is 67.2 Å². The van der Waals surface area contributed by atoms with Gasteiger partial charge in [0.2, 0.25) is 0 Å². The molecule has 0 aliphatic rings. The van der Waals surface area contributed by atoms with Crippen LogP contribution in [0.25, 0.3) is 0 Å². The van der Waals surface area contributed by atoms with E-state index in [-0.39, 0.29) is 11.1 Å². The summed E-state index contributed by atoms with van der Waals surface area (Å²) in [5, 5.41) is 3.81. The molecular weight excluding hydrogens is 234 g/mol. The Bertz CT molecular complexity index is 216. The second kappa shape index (κ2) is 8.93.